The van der Waals surface area contributed by atoms with Gasteiger partial charge in [-0.15, -0.1) is 10.2 Å². The van der Waals surface area contributed by atoms with Crippen LogP contribution in [0.5, 0.6) is 0 Å². The molecule has 4 aromatic rings. The van der Waals surface area contributed by atoms with Crippen molar-refractivity contribution in [2.45, 2.75) is 5.16 Å². The fraction of sp³-hybridized carbons (Fsp3) is 0.0455. The molecule has 0 N–H and O–H groups in total. The lowest BCUT2D eigenvalue weighted by atomic mass is 10.1. The Morgan fingerprint density at radius 3 is 2.27 bits per heavy atom. The van der Waals surface area contributed by atoms with Gasteiger partial charge < -0.3 is 0 Å². The van der Waals surface area contributed by atoms with Crippen LogP contribution in [0.2, 0.25) is 0 Å². The molecule has 0 atom stereocenters. The third-order valence-electron chi connectivity index (χ3n) is 4.31. The molecule has 0 amide bonds. The zero-order chi connectivity index (χ0) is 21.1. The highest BCUT2D eigenvalue weighted by Gasteiger charge is 2.20. The van der Waals surface area contributed by atoms with Crippen LogP contribution in [0.25, 0.3) is 17.1 Å². The number of hydrogen-bond donors (Lipinski definition) is 0. The summed E-state index contributed by atoms with van der Waals surface area (Å²) >= 11 is 1.06. The molecule has 0 radical (unpaired) electrons. The molecule has 4 rings (SSSR count). The summed E-state index contributed by atoms with van der Waals surface area (Å²) < 4.78 is 42.5. The first-order valence-electron chi connectivity index (χ1n) is 8.91. The van der Waals surface area contributed by atoms with Crippen molar-refractivity contribution in [3.8, 4) is 17.1 Å². The van der Waals surface area contributed by atoms with Crippen molar-refractivity contribution in [3.05, 3.63) is 95.8 Å². The third-order valence-corrected chi connectivity index (χ3v) is 5.24. The predicted octanol–water partition coefficient (Wildman–Crippen LogP) is 5.33. The van der Waals surface area contributed by atoms with Crippen molar-refractivity contribution in [1.29, 1.82) is 0 Å². The first-order valence-corrected chi connectivity index (χ1v) is 9.89. The normalized spacial score (nSPS) is 10.9. The Bertz CT molecular complexity index is 1190. The molecule has 1 aromatic heterocycles. The first kappa shape index (κ1) is 19.9. The summed E-state index contributed by atoms with van der Waals surface area (Å²) in [6, 6.07) is 17.5. The molecule has 3 aromatic carbocycles. The van der Waals surface area contributed by atoms with Crippen LogP contribution in [-0.4, -0.2) is 26.3 Å². The Kier molecular flexibility index (Phi) is 5.67. The van der Waals surface area contributed by atoms with Gasteiger partial charge in [-0.2, -0.15) is 0 Å². The fourth-order valence-electron chi connectivity index (χ4n) is 2.87. The van der Waals surface area contributed by atoms with E-state index in [9.17, 15) is 18.0 Å². The van der Waals surface area contributed by atoms with Gasteiger partial charge >= 0.3 is 0 Å². The second-order valence-corrected chi connectivity index (χ2v) is 7.26. The van der Waals surface area contributed by atoms with E-state index in [0.29, 0.717) is 17.0 Å². The molecular formula is C22H14F3N3OS. The van der Waals surface area contributed by atoms with E-state index in [1.54, 1.807) is 24.3 Å². The molecule has 8 heteroatoms. The maximum absolute atomic E-state index is 14.6. The lowest BCUT2D eigenvalue weighted by Gasteiger charge is -2.11. The monoisotopic (exact) mass is 425 g/mol. The minimum atomic E-state index is -0.779. The second-order valence-electron chi connectivity index (χ2n) is 6.32. The molecule has 150 valence electrons. The van der Waals surface area contributed by atoms with E-state index in [0.717, 1.165) is 23.9 Å². The number of aromatic nitrogens is 3. The average Bonchev–Trinajstić information content (AvgIpc) is 3.17. The van der Waals surface area contributed by atoms with E-state index < -0.39 is 17.5 Å². The Morgan fingerprint density at radius 2 is 1.57 bits per heavy atom. The van der Waals surface area contributed by atoms with E-state index in [1.807, 2.05) is 6.07 Å². The molecule has 0 saturated carbocycles. The summed E-state index contributed by atoms with van der Waals surface area (Å²) in [5, 5.41) is 8.55. The molecular weight excluding hydrogens is 411 g/mol. The lowest BCUT2D eigenvalue weighted by Crippen LogP contribution is -2.06. The van der Waals surface area contributed by atoms with Gasteiger partial charge in [0.1, 0.15) is 17.5 Å². The van der Waals surface area contributed by atoms with Crippen LogP contribution < -0.4 is 0 Å². The molecule has 1 heterocycles. The van der Waals surface area contributed by atoms with Gasteiger partial charge in [0.15, 0.2) is 16.8 Å². The molecule has 0 fully saturated rings. The van der Waals surface area contributed by atoms with E-state index >= 15 is 0 Å². The summed E-state index contributed by atoms with van der Waals surface area (Å²) in [5.41, 5.74) is 1.11. The number of ketones is 1. The highest BCUT2D eigenvalue weighted by Crippen LogP contribution is 2.29. The van der Waals surface area contributed by atoms with Crippen LogP contribution in [0.4, 0.5) is 13.2 Å². The highest BCUT2D eigenvalue weighted by molar-refractivity contribution is 7.99. The molecule has 0 aliphatic rings. The topological polar surface area (TPSA) is 47.8 Å². The van der Waals surface area contributed by atoms with Crippen LogP contribution >= 0.6 is 11.8 Å². The maximum atomic E-state index is 14.6. The van der Waals surface area contributed by atoms with E-state index in [1.165, 1.54) is 34.9 Å². The summed E-state index contributed by atoms with van der Waals surface area (Å²) in [5.74, 6) is -1.81. The van der Waals surface area contributed by atoms with Gasteiger partial charge in [0.05, 0.1) is 11.4 Å². The number of Topliss-reactive ketones (excluding diaryl/α,β-unsaturated/α-hetero) is 1. The van der Waals surface area contributed by atoms with Gasteiger partial charge in [-0.05, 0) is 36.4 Å². The fourth-order valence-corrected chi connectivity index (χ4v) is 3.71. The van der Waals surface area contributed by atoms with Crippen molar-refractivity contribution >= 4 is 17.5 Å². The van der Waals surface area contributed by atoms with Crippen molar-refractivity contribution in [3.63, 3.8) is 0 Å². The van der Waals surface area contributed by atoms with Crippen molar-refractivity contribution in [2.24, 2.45) is 0 Å². The summed E-state index contributed by atoms with van der Waals surface area (Å²) in [6.45, 7) is 0. The van der Waals surface area contributed by atoms with E-state index in [4.69, 9.17) is 0 Å². The number of carbonyl (C=O) groups is 1. The number of hydrogen-bond acceptors (Lipinski definition) is 4. The third kappa shape index (κ3) is 4.13. The van der Waals surface area contributed by atoms with Crippen molar-refractivity contribution < 1.29 is 18.0 Å². The summed E-state index contributed by atoms with van der Waals surface area (Å²) in [7, 11) is 0. The van der Waals surface area contributed by atoms with Crippen LogP contribution in [0, 0.1) is 17.5 Å². The molecule has 0 unspecified atom stereocenters. The van der Waals surface area contributed by atoms with Gasteiger partial charge in [-0.25, -0.2) is 13.2 Å². The minimum Gasteiger partial charge on any atom is -0.293 e. The number of benzene rings is 3. The molecule has 30 heavy (non-hydrogen) atoms. The Hall–Kier alpha value is -3.39. The van der Waals surface area contributed by atoms with Crippen molar-refractivity contribution in [1.82, 2.24) is 14.8 Å². The number of rotatable bonds is 6. The molecule has 4 nitrogen and oxygen atoms in total. The smallest absolute Gasteiger partial charge is 0.196 e. The van der Waals surface area contributed by atoms with Crippen LogP contribution in [0.1, 0.15) is 10.4 Å². The Balaban J connectivity index is 1.70. The largest absolute Gasteiger partial charge is 0.293 e. The summed E-state index contributed by atoms with van der Waals surface area (Å²) in [6.07, 6.45) is 0. The van der Waals surface area contributed by atoms with Gasteiger partial charge in [-0.1, -0.05) is 42.1 Å². The molecule has 0 aliphatic heterocycles. The first-order chi connectivity index (χ1) is 14.5. The van der Waals surface area contributed by atoms with Crippen LogP contribution in [0.3, 0.4) is 0 Å². The number of carbonyl (C=O) groups excluding carboxylic acids is 1. The molecule has 0 spiro atoms. The van der Waals surface area contributed by atoms with Crippen LogP contribution in [0.15, 0.2) is 78.0 Å². The number of halogens is 3. The van der Waals surface area contributed by atoms with Crippen molar-refractivity contribution in [2.75, 3.05) is 5.75 Å². The van der Waals surface area contributed by atoms with Gasteiger partial charge in [0.25, 0.3) is 0 Å². The number of nitrogens with zero attached hydrogens (tertiary/aromatic N) is 3. The highest BCUT2D eigenvalue weighted by atomic mass is 32.2. The lowest BCUT2D eigenvalue weighted by molar-refractivity contribution is 0.102. The number of thioether (sulfide) groups is 1. The van der Waals surface area contributed by atoms with Gasteiger partial charge in [-0.3, -0.25) is 9.36 Å². The average molecular weight is 425 g/mol. The Morgan fingerprint density at radius 1 is 0.867 bits per heavy atom. The molecule has 0 aliphatic carbocycles. The molecule has 0 saturated heterocycles. The maximum Gasteiger partial charge on any atom is 0.196 e. The zero-order valence-electron chi connectivity index (χ0n) is 15.4. The predicted molar refractivity (Wildman–Crippen MR) is 108 cm³/mol. The second kappa shape index (κ2) is 8.54. The summed E-state index contributed by atoms with van der Waals surface area (Å²) in [4.78, 5) is 12.4. The SMILES string of the molecule is O=C(CSc1nnc(-c2ccccc2)n1-c1ccc(F)cc1F)c1ccc(F)cc1. The van der Waals surface area contributed by atoms with E-state index in [2.05, 4.69) is 10.2 Å². The van der Waals surface area contributed by atoms with Gasteiger partial charge in [0.2, 0.25) is 0 Å². The molecule has 0 bridgehead atoms. The standard InChI is InChI=1S/C22H14F3N3OS/c23-16-8-6-14(7-9-16)20(29)13-30-22-27-26-21(15-4-2-1-3-5-15)28(22)19-11-10-17(24)12-18(19)25/h1-12H,13H2. The quantitative estimate of drug-likeness (QED) is 0.310. The zero-order valence-corrected chi connectivity index (χ0v) is 16.2. The Labute approximate surface area is 174 Å². The van der Waals surface area contributed by atoms with E-state index in [-0.39, 0.29) is 22.4 Å². The van der Waals surface area contributed by atoms with Crippen LogP contribution in [-0.2, 0) is 0 Å². The van der Waals surface area contributed by atoms with Gasteiger partial charge in [0, 0.05) is 17.2 Å². The minimum absolute atomic E-state index is 0.0125.